The molecule has 0 radical (unpaired) electrons. The van der Waals surface area contributed by atoms with Crippen LogP contribution < -0.4 is 20.9 Å². The Morgan fingerprint density at radius 1 is 1.09 bits per heavy atom. The van der Waals surface area contributed by atoms with Gasteiger partial charge in [-0.15, -0.1) is 0 Å². The van der Waals surface area contributed by atoms with E-state index < -0.39 is 0 Å². The van der Waals surface area contributed by atoms with Crippen molar-refractivity contribution in [2.75, 3.05) is 48.4 Å². The average Bonchev–Trinajstić information content (AvgIpc) is 3.20. The minimum absolute atomic E-state index is 0.00832. The lowest BCUT2D eigenvalue weighted by molar-refractivity contribution is -0.130. The number of nitrogen functional groups attached to an aromatic ring is 1. The second-order valence-corrected chi connectivity index (χ2v) is 10.7. The van der Waals surface area contributed by atoms with Gasteiger partial charge in [0.2, 0.25) is 17.8 Å². The lowest BCUT2D eigenvalue weighted by atomic mass is 9.47. The van der Waals surface area contributed by atoms with Crippen LogP contribution in [0, 0.1) is 10.8 Å². The van der Waals surface area contributed by atoms with E-state index in [0.29, 0.717) is 19.2 Å². The summed E-state index contributed by atoms with van der Waals surface area (Å²) in [4.78, 5) is 35.0. The van der Waals surface area contributed by atoms with Crippen LogP contribution in [0.15, 0.2) is 12.4 Å². The first kappa shape index (κ1) is 22.8. The van der Waals surface area contributed by atoms with Gasteiger partial charge in [0.15, 0.2) is 0 Å². The molecular formula is C24H34N8O2. The van der Waals surface area contributed by atoms with E-state index in [1.54, 1.807) is 19.3 Å². The summed E-state index contributed by atoms with van der Waals surface area (Å²) in [6, 6.07) is 0.290. The van der Waals surface area contributed by atoms with Crippen molar-refractivity contribution < 1.29 is 9.53 Å². The zero-order valence-corrected chi connectivity index (χ0v) is 20.6. The Labute approximate surface area is 200 Å². The Balaban J connectivity index is 1.59. The van der Waals surface area contributed by atoms with Crippen LogP contribution in [0.4, 0.5) is 17.7 Å². The van der Waals surface area contributed by atoms with Gasteiger partial charge in [0.25, 0.3) is 0 Å². The number of carbonyl (C=O) groups is 1. The number of nitrogens with one attached hydrogen (secondary N) is 1. The molecule has 0 unspecified atom stereocenters. The predicted molar refractivity (Wildman–Crippen MR) is 131 cm³/mol. The molecule has 2 fully saturated rings. The maximum atomic E-state index is 11.9. The van der Waals surface area contributed by atoms with Crippen LogP contribution in [-0.2, 0) is 16.0 Å². The maximum Gasteiger partial charge on any atom is 0.228 e. The second-order valence-electron chi connectivity index (χ2n) is 10.7. The number of morpholine rings is 1. The molecule has 1 aliphatic carbocycles. The van der Waals surface area contributed by atoms with E-state index in [4.69, 9.17) is 20.4 Å². The van der Waals surface area contributed by atoms with Gasteiger partial charge in [-0.2, -0.15) is 4.98 Å². The number of nitrogens with two attached hydrogens (primary N) is 1. The van der Waals surface area contributed by atoms with Crippen molar-refractivity contribution in [3.63, 3.8) is 0 Å². The Hall–Kier alpha value is -3.01. The third kappa shape index (κ3) is 3.55. The molecule has 0 atom stereocenters. The third-order valence-corrected chi connectivity index (χ3v) is 7.64. The lowest BCUT2D eigenvalue weighted by Gasteiger charge is -2.66. The molecule has 1 saturated carbocycles. The monoisotopic (exact) mass is 466 g/mol. The molecule has 0 spiro atoms. The highest BCUT2D eigenvalue weighted by molar-refractivity contribution is 5.75. The summed E-state index contributed by atoms with van der Waals surface area (Å²) in [5.41, 5.74) is 8.32. The van der Waals surface area contributed by atoms with E-state index >= 15 is 0 Å². The van der Waals surface area contributed by atoms with Gasteiger partial charge in [-0.3, -0.25) is 4.79 Å². The molecule has 3 N–H and O–H groups in total. The van der Waals surface area contributed by atoms with Crippen molar-refractivity contribution in [3.05, 3.63) is 18.0 Å². The molecule has 2 aliphatic heterocycles. The van der Waals surface area contributed by atoms with Gasteiger partial charge in [-0.05, 0) is 6.42 Å². The molecule has 1 amide bonds. The molecule has 34 heavy (non-hydrogen) atoms. The average molecular weight is 467 g/mol. The Bertz CT molecular complexity index is 1080. The van der Waals surface area contributed by atoms with Crippen molar-refractivity contribution in [2.45, 2.75) is 53.1 Å². The van der Waals surface area contributed by atoms with Crippen LogP contribution in [0.25, 0.3) is 11.3 Å². The van der Waals surface area contributed by atoms with Crippen molar-refractivity contribution in [1.29, 1.82) is 0 Å². The van der Waals surface area contributed by atoms with Crippen molar-refractivity contribution in [1.82, 2.24) is 25.3 Å². The SMILES string of the molecule is CC(=O)N[C@H]1C(C)(C)[C@H](N2CCc3c(-c4cnc(N)nc4)nc(N4CCOCC4)nc32)C1(C)C. The molecular weight excluding hydrogens is 432 g/mol. The zero-order chi connectivity index (χ0) is 24.3. The topological polar surface area (TPSA) is 122 Å². The highest BCUT2D eigenvalue weighted by Crippen LogP contribution is 2.58. The fourth-order valence-corrected chi connectivity index (χ4v) is 6.64. The fraction of sp³-hybridized carbons (Fsp3) is 0.625. The van der Waals surface area contributed by atoms with Gasteiger partial charge in [-0.25, -0.2) is 15.0 Å². The maximum absolute atomic E-state index is 11.9. The molecule has 182 valence electrons. The number of anilines is 3. The van der Waals surface area contributed by atoms with Gasteiger partial charge in [-0.1, -0.05) is 27.7 Å². The zero-order valence-electron chi connectivity index (χ0n) is 20.6. The van der Waals surface area contributed by atoms with E-state index in [2.05, 4.69) is 52.8 Å². The molecule has 2 aromatic rings. The van der Waals surface area contributed by atoms with E-state index in [9.17, 15) is 4.79 Å². The summed E-state index contributed by atoms with van der Waals surface area (Å²) < 4.78 is 5.55. The molecule has 5 rings (SSSR count). The normalized spacial score (nSPS) is 25.0. The second kappa shape index (κ2) is 8.04. The number of carbonyl (C=O) groups excluding carboxylic acids is 1. The minimum Gasteiger partial charge on any atom is -0.378 e. The first-order valence-corrected chi connectivity index (χ1v) is 12.0. The van der Waals surface area contributed by atoms with Crippen LogP contribution in [-0.4, -0.2) is 70.8 Å². The van der Waals surface area contributed by atoms with Gasteiger partial charge in [0.05, 0.1) is 18.9 Å². The summed E-state index contributed by atoms with van der Waals surface area (Å²) in [6.07, 6.45) is 4.31. The number of aromatic nitrogens is 4. The van der Waals surface area contributed by atoms with Crippen molar-refractivity contribution in [2.24, 2.45) is 10.8 Å². The number of hydrogen-bond acceptors (Lipinski definition) is 9. The minimum atomic E-state index is -0.120. The van der Waals surface area contributed by atoms with Crippen LogP contribution >= 0.6 is 0 Å². The quantitative estimate of drug-likeness (QED) is 0.692. The van der Waals surface area contributed by atoms with Crippen LogP contribution in [0.1, 0.15) is 40.2 Å². The van der Waals surface area contributed by atoms with Crippen LogP contribution in [0.3, 0.4) is 0 Å². The summed E-state index contributed by atoms with van der Waals surface area (Å²) in [6.45, 7) is 14.2. The number of hydrogen-bond donors (Lipinski definition) is 2. The molecule has 0 aromatic carbocycles. The molecule has 1 saturated heterocycles. The van der Waals surface area contributed by atoms with Gasteiger partial charge in [0.1, 0.15) is 5.82 Å². The first-order chi connectivity index (χ1) is 16.1. The van der Waals surface area contributed by atoms with Gasteiger partial charge in [0, 0.05) is 73.0 Å². The van der Waals surface area contributed by atoms with Crippen molar-refractivity contribution in [3.8, 4) is 11.3 Å². The number of amides is 1. The number of rotatable bonds is 4. The fourth-order valence-electron chi connectivity index (χ4n) is 6.64. The van der Waals surface area contributed by atoms with E-state index in [1.807, 2.05) is 0 Å². The molecule has 10 nitrogen and oxygen atoms in total. The largest absolute Gasteiger partial charge is 0.378 e. The highest BCUT2D eigenvalue weighted by atomic mass is 16.5. The highest BCUT2D eigenvalue weighted by Gasteiger charge is 2.64. The smallest absolute Gasteiger partial charge is 0.228 e. The van der Waals surface area contributed by atoms with Gasteiger partial charge < -0.3 is 25.6 Å². The summed E-state index contributed by atoms with van der Waals surface area (Å²) >= 11 is 0. The van der Waals surface area contributed by atoms with Crippen LogP contribution in [0.5, 0.6) is 0 Å². The van der Waals surface area contributed by atoms with Crippen LogP contribution in [0.2, 0.25) is 0 Å². The Morgan fingerprint density at radius 2 is 1.74 bits per heavy atom. The van der Waals surface area contributed by atoms with Gasteiger partial charge >= 0.3 is 0 Å². The molecule has 10 heteroatoms. The summed E-state index contributed by atoms with van der Waals surface area (Å²) in [5, 5.41) is 3.19. The lowest BCUT2D eigenvalue weighted by Crippen LogP contribution is -2.77. The van der Waals surface area contributed by atoms with E-state index in [1.165, 1.54) is 0 Å². The molecule has 0 bridgehead atoms. The number of fused-ring (bicyclic) bond motifs is 1. The molecule has 2 aromatic heterocycles. The number of ether oxygens (including phenoxy) is 1. The van der Waals surface area contributed by atoms with E-state index in [0.717, 1.165) is 48.7 Å². The Kier molecular flexibility index (Phi) is 5.38. The molecule has 4 heterocycles. The van der Waals surface area contributed by atoms with E-state index in [-0.39, 0.29) is 34.8 Å². The van der Waals surface area contributed by atoms with Crippen molar-refractivity contribution >= 4 is 23.6 Å². The standard InChI is InChI=1S/C24H34N8O2/c1-14(33)28-19-23(2,3)20(24(19,4)5)32-7-6-16-17(15-12-26-21(25)27-13-15)29-22(30-18(16)32)31-8-10-34-11-9-31/h12-13,19-20H,6-11H2,1-5H3,(H,28,33)(H2,25,26,27)/t19-,20-. The molecule has 3 aliphatic rings. The third-order valence-electron chi connectivity index (χ3n) is 7.64. The Morgan fingerprint density at radius 3 is 2.35 bits per heavy atom. The summed E-state index contributed by atoms with van der Waals surface area (Å²) in [5.74, 6) is 1.92. The first-order valence-electron chi connectivity index (χ1n) is 12.0. The number of nitrogens with zero attached hydrogens (tertiary/aromatic N) is 6. The predicted octanol–water partition coefficient (Wildman–Crippen LogP) is 1.65. The summed E-state index contributed by atoms with van der Waals surface area (Å²) in [7, 11) is 0.